The molecule has 0 aliphatic heterocycles. The number of hydrogen-bond acceptors (Lipinski definition) is 3. The van der Waals surface area contributed by atoms with Gasteiger partial charge >= 0.3 is 0 Å². The summed E-state index contributed by atoms with van der Waals surface area (Å²) in [5.74, 6) is 0. The molecule has 0 aliphatic rings. The minimum Gasteiger partial charge on any atom is -0.235 e. The second kappa shape index (κ2) is 6.99. The Bertz CT molecular complexity index is 1770. The Kier molecular flexibility index (Phi) is 3.95. The number of hydrogen-bond donors (Lipinski definition) is 0. The van der Waals surface area contributed by atoms with Crippen LogP contribution in [0, 0.1) is 0 Å². The molecule has 0 saturated heterocycles. The average Bonchev–Trinajstić information content (AvgIpc) is 3.46. The summed E-state index contributed by atoms with van der Waals surface area (Å²) in [7, 11) is 0. The first-order valence-corrected chi connectivity index (χ1v) is 12.3. The predicted molar refractivity (Wildman–Crippen MR) is 141 cm³/mol. The van der Waals surface area contributed by atoms with Crippen LogP contribution in [0.3, 0.4) is 0 Å². The molecule has 0 fully saturated rings. The second-order valence-corrected chi connectivity index (χ2v) is 10.1. The Hall–Kier alpha value is -3.53. The lowest BCUT2D eigenvalue weighted by molar-refractivity contribution is 1.49. The molecule has 0 radical (unpaired) electrons. The van der Waals surface area contributed by atoms with Gasteiger partial charge < -0.3 is 0 Å². The maximum absolute atomic E-state index is 5.06. The average molecular weight is 444 g/mol. The van der Waals surface area contributed by atoms with Crippen LogP contribution < -0.4 is 0 Å². The topological polar surface area (TPSA) is 12.9 Å². The van der Waals surface area contributed by atoms with Gasteiger partial charge in [0.15, 0.2) is 0 Å². The van der Waals surface area contributed by atoms with Crippen molar-refractivity contribution in [3.63, 3.8) is 0 Å². The van der Waals surface area contributed by atoms with Gasteiger partial charge in [0, 0.05) is 31.1 Å². The predicted octanol–water partition coefficient (Wildman–Crippen LogP) is 9.15. The third kappa shape index (κ3) is 2.72. The second-order valence-electron chi connectivity index (χ2n) is 8.01. The minimum atomic E-state index is 1.07. The normalized spacial score (nSPS) is 11.8. The van der Waals surface area contributed by atoms with Gasteiger partial charge in [0.2, 0.25) is 0 Å². The van der Waals surface area contributed by atoms with Crippen LogP contribution in [0.2, 0.25) is 0 Å². The van der Waals surface area contributed by atoms with E-state index in [2.05, 4.69) is 97.1 Å². The van der Waals surface area contributed by atoms with Crippen molar-refractivity contribution in [2.75, 3.05) is 0 Å². The van der Waals surface area contributed by atoms with Crippen LogP contribution in [0.25, 0.3) is 62.9 Å². The fraction of sp³-hybridized carbons (Fsp3) is 0. The molecule has 0 atom stereocenters. The lowest BCUT2D eigenvalue weighted by atomic mass is 9.99. The highest BCUT2D eigenvalue weighted by atomic mass is 32.1. The molecule has 32 heavy (non-hydrogen) atoms. The highest BCUT2D eigenvalue weighted by Gasteiger charge is 2.13. The summed E-state index contributed by atoms with van der Waals surface area (Å²) in [6.45, 7) is 0. The van der Waals surface area contributed by atoms with Crippen LogP contribution in [0.5, 0.6) is 0 Å². The number of thiazole rings is 1. The van der Waals surface area contributed by atoms with Crippen LogP contribution >= 0.6 is 22.7 Å². The molecule has 5 aromatic carbocycles. The zero-order valence-corrected chi connectivity index (χ0v) is 18.7. The molecule has 0 N–H and O–H groups in total. The SMILES string of the molecule is c1ccc(-c2nc3c(ccc4ccc(-c5cccc6c5sc5ccccc56)cc43)s2)cc1. The minimum absolute atomic E-state index is 1.07. The quantitative estimate of drug-likeness (QED) is 0.259. The van der Waals surface area contributed by atoms with Gasteiger partial charge in [-0.15, -0.1) is 22.7 Å². The summed E-state index contributed by atoms with van der Waals surface area (Å²) >= 11 is 3.64. The Morgan fingerprint density at radius 2 is 1.34 bits per heavy atom. The van der Waals surface area contributed by atoms with E-state index in [1.807, 2.05) is 17.4 Å². The van der Waals surface area contributed by atoms with E-state index in [-0.39, 0.29) is 0 Å². The molecule has 0 aliphatic carbocycles. The van der Waals surface area contributed by atoms with Crippen LogP contribution in [0.1, 0.15) is 0 Å². The molecular formula is C29H17NS2. The number of fused-ring (bicyclic) bond motifs is 6. The van der Waals surface area contributed by atoms with Gasteiger partial charge in [-0.3, -0.25) is 0 Å². The summed E-state index contributed by atoms with van der Waals surface area (Å²) in [5.41, 5.74) is 4.81. The van der Waals surface area contributed by atoms with E-state index in [9.17, 15) is 0 Å². The highest BCUT2D eigenvalue weighted by Crippen LogP contribution is 2.41. The molecule has 0 unspecified atom stereocenters. The molecule has 0 spiro atoms. The van der Waals surface area contributed by atoms with Crippen molar-refractivity contribution in [1.29, 1.82) is 0 Å². The van der Waals surface area contributed by atoms with Crippen molar-refractivity contribution >= 4 is 63.8 Å². The highest BCUT2D eigenvalue weighted by molar-refractivity contribution is 7.26. The molecule has 0 amide bonds. The van der Waals surface area contributed by atoms with E-state index in [4.69, 9.17) is 4.98 Å². The van der Waals surface area contributed by atoms with E-state index >= 15 is 0 Å². The fourth-order valence-electron chi connectivity index (χ4n) is 4.56. The summed E-state index contributed by atoms with van der Waals surface area (Å²) in [4.78, 5) is 5.06. The summed E-state index contributed by atoms with van der Waals surface area (Å²) < 4.78 is 3.92. The van der Waals surface area contributed by atoms with E-state index in [1.165, 1.54) is 52.3 Å². The molecule has 2 aromatic heterocycles. The van der Waals surface area contributed by atoms with Crippen molar-refractivity contribution < 1.29 is 0 Å². The Morgan fingerprint density at radius 1 is 0.531 bits per heavy atom. The number of nitrogens with zero attached hydrogens (tertiary/aromatic N) is 1. The van der Waals surface area contributed by atoms with Crippen molar-refractivity contribution in [2.45, 2.75) is 0 Å². The number of benzene rings is 5. The summed E-state index contributed by atoms with van der Waals surface area (Å²) in [5, 5.41) is 6.20. The van der Waals surface area contributed by atoms with Crippen molar-refractivity contribution in [3.05, 3.63) is 103 Å². The zero-order chi connectivity index (χ0) is 21.1. The van der Waals surface area contributed by atoms with Gasteiger partial charge in [-0.05, 0) is 34.7 Å². The van der Waals surface area contributed by atoms with Crippen LogP contribution in [0.15, 0.2) is 103 Å². The number of thiophene rings is 1. The van der Waals surface area contributed by atoms with Gasteiger partial charge in [-0.25, -0.2) is 4.98 Å². The number of rotatable bonds is 2. The Morgan fingerprint density at radius 3 is 2.28 bits per heavy atom. The van der Waals surface area contributed by atoms with Crippen molar-refractivity contribution in [3.8, 4) is 21.7 Å². The third-order valence-electron chi connectivity index (χ3n) is 6.11. The van der Waals surface area contributed by atoms with Gasteiger partial charge in [-0.1, -0.05) is 84.9 Å². The smallest absolute Gasteiger partial charge is 0.124 e. The molecule has 7 rings (SSSR count). The molecule has 150 valence electrons. The standard InChI is InChI=1S/C29H17NS2/c1-2-7-19(8-3-1)29-30-27-24-17-20(14-13-18(24)15-16-26(27)32-29)21-10-6-11-23-22-9-4-5-12-25(22)31-28(21)23/h1-17H. The molecule has 1 nitrogen and oxygen atoms in total. The van der Waals surface area contributed by atoms with Crippen molar-refractivity contribution in [2.24, 2.45) is 0 Å². The molecule has 0 saturated carbocycles. The Balaban J connectivity index is 1.47. The van der Waals surface area contributed by atoms with Gasteiger partial charge in [-0.2, -0.15) is 0 Å². The first kappa shape index (κ1) is 18.1. The molecule has 0 bridgehead atoms. The fourth-order valence-corrected chi connectivity index (χ4v) is 6.78. The number of aromatic nitrogens is 1. The van der Waals surface area contributed by atoms with E-state index in [1.54, 1.807) is 11.3 Å². The van der Waals surface area contributed by atoms with E-state index in [0.717, 1.165) is 10.5 Å². The molecule has 7 aromatic rings. The van der Waals surface area contributed by atoms with Crippen LogP contribution in [0.4, 0.5) is 0 Å². The lowest BCUT2D eigenvalue weighted by Crippen LogP contribution is -1.82. The molecule has 3 heteroatoms. The maximum Gasteiger partial charge on any atom is 0.124 e. The first-order chi connectivity index (χ1) is 15.8. The maximum atomic E-state index is 5.06. The molecular weight excluding hydrogens is 426 g/mol. The van der Waals surface area contributed by atoms with E-state index < -0.39 is 0 Å². The molecule has 2 heterocycles. The largest absolute Gasteiger partial charge is 0.235 e. The van der Waals surface area contributed by atoms with Gasteiger partial charge in [0.25, 0.3) is 0 Å². The van der Waals surface area contributed by atoms with Crippen LogP contribution in [-0.2, 0) is 0 Å². The van der Waals surface area contributed by atoms with E-state index in [0.29, 0.717) is 0 Å². The first-order valence-electron chi connectivity index (χ1n) is 10.6. The van der Waals surface area contributed by atoms with Gasteiger partial charge in [0.05, 0.1) is 10.2 Å². The third-order valence-corrected chi connectivity index (χ3v) is 8.40. The lowest BCUT2D eigenvalue weighted by Gasteiger charge is -2.06. The van der Waals surface area contributed by atoms with Crippen molar-refractivity contribution in [1.82, 2.24) is 4.98 Å². The summed E-state index contributed by atoms with van der Waals surface area (Å²) in [6.07, 6.45) is 0. The zero-order valence-electron chi connectivity index (χ0n) is 17.1. The monoisotopic (exact) mass is 443 g/mol. The van der Waals surface area contributed by atoms with Gasteiger partial charge in [0.1, 0.15) is 5.01 Å². The summed E-state index contributed by atoms with van der Waals surface area (Å²) in [6, 6.07) is 37.0. The Labute approximate surface area is 193 Å². The van der Waals surface area contributed by atoms with Crippen LogP contribution in [-0.4, -0.2) is 4.98 Å².